The molecule has 0 bridgehead atoms. The summed E-state index contributed by atoms with van der Waals surface area (Å²) in [6.45, 7) is 3.12. The molecule has 96 valence electrons. The van der Waals surface area contributed by atoms with E-state index >= 15 is 0 Å². The van der Waals surface area contributed by atoms with E-state index in [0.717, 1.165) is 17.4 Å². The van der Waals surface area contributed by atoms with Crippen molar-refractivity contribution in [2.75, 3.05) is 6.54 Å². The van der Waals surface area contributed by atoms with Crippen LogP contribution >= 0.6 is 43.2 Å². The van der Waals surface area contributed by atoms with Crippen LogP contribution in [0.15, 0.2) is 44.7 Å². The van der Waals surface area contributed by atoms with Crippen LogP contribution < -0.4 is 5.32 Å². The van der Waals surface area contributed by atoms with E-state index in [-0.39, 0.29) is 0 Å². The van der Waals surface area contributed by atoms with Gasteiger partial charge in [-0.25, -0.2) is 0 Å². The highest BCUT2D eigenvalue weighted by Gasteiger charge is 2.15. The lowest BCUT2D eigenvalue weighted by Crippen LogP contribution is -2.22. The van der Waals surface area contributed by atoms with Crippen LogP contribution in [0.4, 0.5) is 0 Å². The highest BCUT2D eigenvalue weighted by atomic mass is 79.9. The Morgan fingerprint density at radius 1 is 1.28 bits per heavy atom. The molecule has 0 fully saturated rings. The Kier molecular flexibility index (Phi) is 5.42. The van der Waals surface area contributed by atoms with Crippen LogP contribution in [0.2, 0.25) is 0 Å². The van der Waals surface area contributed by atoms with Gasteiger partial charge in [0.2, 0.25) is 0 Å². The second kappa shape index (κ2) is 6.85. The third kappa shape index (κ3) is 3.67. The quantitative estimate of drug-likeness (QED) is 0.745. The van der Waals surface area contributed by atoms with Crippen LogP contribution in [0.1, 0.15) is 23.4 Å². The molecule has 0 radical (unpaired) electrons. The Labute approximate surface area is 129 Å². The second-order valence-corrected chi connectivity index (χ2v) is 6.79. The molecule has 18 heavy (non-hydrogen) atoms. The number of hydrogen-bond donors (Lipinski definition) is 1. The van der Waals surface area contributed by atoms with Crippen molar-refractivity contribution in [2.24, 2.45) is 0 Å². The third-order valence-corrected chi connectivity index (χ3v) is 5.22. The van der Waals surface area contributed by atoms with Crippen molar-refractivity contribution in [2.45, 2.75) is 19.4 Å². The van der Waals surface area contributed by atoms with E-state index < -0.39 is 0 Å². The van der Waals surface area contributed by atoms with Crippen LogP contribution in [0.5, 0.6) is 0 Å². The lowest BCUT2D eigenvalue weighted by atomic mass is 10.0. The van der Waals surface area contributed by atoms with Gasteiger partial charge in [-0.3, -0.25) is 0 Å². The molecule has 1 aromatic carbocycles. The van der Waals surface area contributed by atoms with Crippen LogP contribution in [-0.4, -0.2) is 6.54 Å². The molecule has 0 aliphatic carbocycles. The van der Waals surface area contributed by atoms with Crippen molar-refractivity contribution < 1.29 is 0 Å². The molecule has 1 heterocycles. The predicted octanol–water partition coefficient (Wildman–Crippen LogP) is 5.17. The Balaban J connectivity index is 2.19. The summed E-state index contributed by atoms with van der Waals surface area (Å²) in [5.74, 6) is 0. The fourth-order valence-corrected chi connectivity index (χ4v) is 4.13. The minimum atomic E-state index is 0.374. The summed E-state index contributed by atoms with van der Waals surface area (Å²) in [5, 5.41) is 5.69. The monoisotopic (exact) mass is 387 g/mol. The predicted molar refractivity (Wildman–Crippen MR) is 86.3 cm³/mol. The van der Waals surface area contributed by atoms with E-state index in [0.29, 0.717) is 6.04 Å². The first kappa shape index (κ1) is 14.3. The van der Waals surface area contributed by atoms with E-state index in [1.165, 1.54) is 14.9 Å². The summed E-state index contributed by atoms with van der Waals surface area (Å²) in [6.07, 6.45) is 1.01. The zero-order valence-corrected chi connectivity index (χ0v) is 14.1. The maximum atomic E-state index is 3.63. The fraction of sp³-hybridized carbons (Fsp3) is 0.286. The van der Waals surface area contributed by atoms with Gasteiger partial charge in [-0.15, -0.1) is 11.3 Å². The van der Waals surface area contributed by atoms with Crippen molar-refractivity contribution >= 4 is 43.2 Å². The molecule has 2 aromatic rings. The van der Waals surface area contributed by atoms with E-state index in [9.17, 15) is 0 Å². The smallest absolute Gasteiger partial charge is 0.0467 e. The van der Waals surface area contributed by atoms with Crippen LogP contribution in [0, 0.1) is 0 Å². The summed E-state index contributed by atoms with van der Waals surface area (Å²) in [7, 11) is 0. The molecule has 0 aliphatic rings. The second-order valence-electron chi connectivity index (χ2n) is 4.08. The first-order valence-electron chi connectivity index (χ1n) is 5.91. The van der Waals surface area contributed by atoms with Crippen molar-refractivity contribution in [1.29, 1.82) is 0 Å². The molecule has 0 saturated carbocycles. The molecule has 1 atom stereocenters. The maximum Gasteiger partial charge on any atom is 0.0467 e. The number of benzene rings is 1. The number of likely N-dealkylation sites (N-methyl/N-ethyl adjacent to an activating group) is 1. The van der Waals surface area contributed by atoms with Crippen LogP contribution in [-0.2, 0) is 6.42 Å². The fourth-order valence-electron chi connectivity index (χ4n) is 1.96. The zero-order chi connectivity index (χ0) is 13.0. The number of thiophene rings is 1. The van der Waals surface area contributed by atoms with E-state index in [1.807, 2.05) is 0 Å². The van der Waals surface area contributed by atoms with Crippen LogP contribution in [0.3, 0.4) is 0 Å². The molecule has 0 aliphatic heterocycles. The molecule has 1 aromatic heterocycles. The van der Waals surface area contributed by atoms with Crippen molar-refractivity contribution in [3.05, 3.63) is 55.1 Å². The van der Waals surface area contributed by atoms with Gasteiger partial charge in [-0.05, 0) is 58.0 Å². The van der Waals surface area contributed by atoms with Gasteiger partial charge in [0.1, 0.15) is 0 Å². The third-order valence-electron chi connectivity index (χ3n) is 2.74. The van der Waals surface area contributed by atoms with Crippen molar-refractivity contribution in [3.63, 3.8) is 0 Å². The highest BCUT2D eigenvalue weighted by molar-refractivity contribution is 9.10. The zero-order valence-electron chi connectivity index (χ0n) is 10.1. The minimum absolute atomic E-state index is 0.374. The Bertz CT molecular complexity index is 510. The van der Waals surface area contributed by atoms with Crippen molar-refractivity contribution in [1.82, 2.24) is 5.32 Å². The van der Waals surface area contributed by atoms with E-state index in [4.69, 9.17) is 0 Å². The molecule has 0 spiro atoms. The first-order chi connectivity index (χ1) is 8.70. The highest BCUT2D eigenvalue weighted by Crippen LogP contribution is 2.31. The standard InChI is InChI=1S/C14H15Br2NS/c1-2-17-13(14-12(16)6-7-18-14)9-10-4-3-5-11(15)8-10/h3-8,13,17H,2,9H2,1H3. The molecule has 4 heteroatoms. The van der Waals surface area contributed by atoms with Gasteiger partial charge in [-0.2, -0.15) is 0 Å². The van der Waals surface area contributed by atoms with Gasteiger partial charge in [0.15, 0.2) is 0 Å². The van der Waals surface area contributed by atoms with Gasteiger partial charge in [0.25, 0.3) is 0 Å². The summed E-state index contributed by atoms with van der Waals surface area (Å²) in [6, 6.07) is 11.0. The maximum absolute atomic E-state index is 3.63. The SMILES string of the molecule is CCNC(Cc1cccc(Br)c1)c1sccc1Br. The number of hydrogen-bond acceptors (Lipinski definition) is 2. The average Bonchev–Trinajstić information content (AvgIpc) is 2.75. The number of halogens is 2. The molecular formula is C14H15Br2NS. The molecule has 1 N–H and O–H groups in total. The molecule has 1 unspecified atom stereocenters. The first-order valence-corrected chi connectivity index (χ1v) is 8.38. The van der Waals surface area contributed by atoms with Gasteiger partial charge >= 0.3 is 0 Å². The largest absolute Gasteiger partial charge is 0.309 e. The summed E-state index contributed by atoms with van der Waals surface area (Å²) in [5.41, 5.74) is 1.34. The van der Waals surface area contributed by atoms with Gasteiger partial charge in [0.05, 0.1) is 0 Å². The van der Waals surface area contributed by atoms with E-state index in [2.05, 4.69) is 79.8 Å². The molecular weight excluding hydrogens is 374 g/mol. The lowest BCUT2D eigenvalue weighted by Gasteiger charge is -2.17. The number of rotatable bonds is 5. The van der Waals surface area contributed by atoms with Gasteiger partial charge in [0, 0.05) is 19.9 Å². The Morgan fingerprint density at radius 2 is 2.11 bits per heavy atom. The Hall–Kier alpha value is -0.160. The van der Waals surface area contributed by atoms with E-state index in [1.54, 1.807) is 11.3 Å². The normalized spacial score (nSPS) is 12.6. The molecule has 0 saturated heterocycles. The molecule has 0 amide bonds. The summed E-state index contributed by atoms with van der Waals surface area (Å²) in [4.78, 5) is 1.37. The average molecular weight is 389 g/mol. The Morgan fingerprint density at radius 3 is 2.72 bits per heavy atom. The molecule has 1 nitrogen and oxygen atoms in total. The summed E-state index contributed by atoms with van der Waals surface area (Å²) < 4.78 is 2.34. The minimum Gasteiger partial charge on any atom is -0.309 e. The topological polar surface area (TPSA) is 12.0 Å². The van der Waals surface area contributed by atoms with Crippen molar-refractivity contribution in [3.8, 4) is 0 Å². The molecule has 2 rings (SSSR count). The van der Waals surface area contributed by atoms with Gasteiger partial charge < -0.3 is 5.32 Å². The number of nitrogens with one attached hydrogen (secondary N) is 1. The summed E-state index contributed by atoms with van der Waals surface area (Å²) >= 11 is 8.95. The van der Waals surface area contributed by atoms with Crippen LogP contribution in [0.25, 0.3) is 0 Å². The van der Waals surface area contributed by atoms with Gasteiger partial charge in [-0.1, -0.05) is 35.0 Å². The lowest BCUT2D eigenvalue weighted by molar-refractivity contribution is 0.556.